The van der Waals surface area contributed by atoms with Crippen molar-refractivity contribution in [3.63, 3.8) is 0 Å². The van der Waals surface area contributed by atoms with Gasteiger partial charge in [0, 0.05) is 22.4 Å². The summed E-state index contributed by atoms with van der Waals surface area (Å²) in [5.74, 6) is 0. The first-order chi connectivity index (χ1) is 12.7. The van der Waals surface area contributed by atoms with Crippen molar-refractivity contribution in [3.8, 4) is 5.69 Å². The maximum atomic E-state index is 9.56. The molecule has 2 aromatic heterocycles. The summed E-state index contributed by atoms with van der Waals surface area (Å²) in [5.41, 5.74) is 4.49. The predicted octanol–water partition coefficient (Wildman–Crippen LogP) is 3.01. The second-order valence-electron chi connectivity index (χ2n) is 6.36. The summed E-state index contributed by atoms with van der Waals surface area (Å²) in [7, 11) is -1.49. The molecule has 0 aliphatic carbocycles. The number of benzene rings is 3. The average Bonchev–Trinajstić information content (AvgIpc) is 3.01. The summed E-state index contributed by atoms with van der Waals surface area (Å²) >= 11 is 0. The minimum absolute atomic E-state index is 0.483. The number of rotatable bonds is 2. The minimum Gasteiger partial charge on any atom is -0.423 e. The Bertz CT molecular complexity index is 1270. The van der Waals surface area contributed by atoms with Crippen LogP contribution in [0.25, 0.3) is 38.4 Å². The fraction of sp³-hybridized carbons (Fsp3) is 0. The first-order valence-electron chi connectivity index (χ1n) is 8.47. The Morgan fingerprint density at radius 3 is 2.46 bits per heavy atom. The third-order valence-corrected chi connectivity index (χ3v) is 4.85. The lowest BCUT2D eigenvalue weighted by atomic mass is 9.80. The van der Waals surface area contributed by atoms with Gasteiger partial charge in [0.05, 0.1) is 22.2 Å². The molecule has 0 saturated carbocycles. The zero-order valence-corrected chi connectivity index (χ0v) is 13.9. The predicted molar refractivity (Wildman–Crippen MR) is 106 cm³/mol. The Morgan fingerprint density at radius 2 is 1.58 bits per heavy atom. The smallest absolute Gasteiger partial charge is 0.423 e. The minimum atomic E-state index is -1.49. The van der Waals surface area contributed by atoms with E-state index in [2.05, 4.69) is 39.9 Å². The zero-order chi connectivity index (χ0) is 17.7. The molecule has 0 bridgehead atoms. The topological polar surface area (TPSA) is 58.3 Å². The molecule has 0 aliphatic rings. The van der Waals surface area contributed by atoms with Gasteiger partial charge in [-0.3, -0.25) is 4.98 Å². The number of para-hydroxylation sites is 2. The molecule has 3 aromatic carbocycles. The molecule has 0 saturated heterocycles. The first kappa shape index (κ1) is 15.1. The third kappa shape index (κ3) is 2.15. The van der Waals surface area contributed by atoms with E-state index in [-0.39, 0.29) is 0 Å². The Morgan fingerprint density at radius 1 is 0.769 bits per heavy atom. The summed E-state index contributed by atoms with van der Waals surface area (Å²) in [6, 6.07) is 23.8. The van der Waals surface area contributed by atoms with E-state index < -0.39 is 7.12 Å². The molecule has 0 fully saturated rings. The SMILES string of the molecule is OB(O)c1ccc2c(c1)c1ccccc1n2-c1cccc2cccnc12. The summed E-state index contributed by atoms with van der Waals surface area (Å²) < 4.78 is 2.19. The number of fused-ring (bicyclic) bond motifs is 4. The van der Waals surface area contributed by atoms with Crippen LogP contribution in [0.2, 0.25) is 0 Å². The van der Waals surface area contributed by atoms with Gasteiger partial charge in [-0.2, -0.15) is 0 Å². The van der Waals surface area contributed by atoms with E-state index in [4.69, 9.17) is 0 Å². The molecule has 0 unspecified atom stereocenters. The number of hydrogen-bond acceptors (Lipinski definition) is 3. The standard InChI is InChI=1S/C21H15BN2O2/c25-22(26)15-10-11-19-17(13-15)16-7-1-2-8-18(16)24(19)20-9-3-5-14-6-4-12-23-21(14)20/h1-13,25-26H. The van der Waals surface area contributed by atoms with Gasteiger partial charge in [-0.15, -0.1) is 0 Å². The van der Waals surface area contributed by atoms with Crippen LogP contribution in [-0.4, -0.2) is 26.7 Å². The molecule has 5 heteroatoms. The molecule has 0 amide bonds. The largest absolute Gasteiger partial charge is 0.488 e. The van der Waals surface area contributed by atoms with Crippen LogP contribution in [0.1, 0.15) is 0 Å². The van der Waals surface area contributed by atoms with Gasteiger partial charge in [-0.05, 0) is 29.7 Å². The van der Waals surface area contributed by atoms with Crippen LogP contribution in [0.4, 0.5) is 0 Å². The fourth-order valence-corrected chi connectivity index (χ4v) is 3.68. The van der Waals surface area contributed by atoms with E-state index in [0.717, 1.165) is 38.4 Å². The second-order valence-corrected chi connectivity index (χ2v) is 6.36. The molecule has 4 nitrogen and oxygen atoms in total. The normalized spacial score (nSPS) is 11.5. The zero-order valence-electron chi connectivity index (χ0n) is 13.9. The molecule has 5 rings (SSSR count). The van der Waals surface area contributed by atoms with E-state index in [9.17, 15) is 10.0 Å². The van der Waals surface area contributed by atoms with Crippen molar-refractivity contribution in [2.45, 2.75) is 0 Å². The lowest BCUT2D eigenvalue weighted by molar-refractivity contribution is 0.426. The van der Waals surface area contributed by atoms with Gasteiger partial charge in [0.2, 0.25) is 0 Å². The van der Waals surface area contributed by atoms with Gasteiger partial charge in [-0.1, -0.05) is 48.5 Å². The van der Waals surface area contributed by atoms with Crippen molar-refractivity contribution in [3.05, 3.63) is 79.0 Å². The van der Waals surface area contributed by atoms with Crippen molar-refractivity contribution in [1.29, 1.82) is 0 Å². The average molecular weight is 338 g/mol. The molecular weight excluding hydrogens is 323 g/mol. The lowest BCUT2D eigenvalue weighted by Gasteiger charge is -2.10. The molecule has 0 atom stereocenters. The van der Waals surface area contributed by atoms with Gasteiger partial charge in [0.25, 0.3) is 0 Å². The van der Waals surface area contributed by atoms with Crippen LogP contribution in [0, 0.1) is 0 Å². The van der Waals surface area contributed by atoms with Crippen LogP contribution in [0.15, 0.2) is 79.0 Å². The summed E-state index contributed by atoms with van der Waals surface area (Å²) in [5, 5.41) is 22.3. The Kier molecular flexibility index (Phi) is 3.32. The Hall–Kier alpha value is -3.15. The van der Waals surface area contributed by atoms with E-state index in [1.54, 1.807) is 12.3 Å². The van der Waals surface area contributed by atoms with Crippen LogP contribution in [-0.2, 0) is 0 Å². The highest BCUT2D eigenvalue weighted by Gasteiger charge is 2.17. The van der Waals surface area contributed by atoms with Crippen molar-refractivity contribution in [2.24, 2.45) is 0 Å². The number of nitrogens with zero attached hydrogens (tertiary/aromatic N) is 2. The number of aromatic nitrogens is 2. The van der Waals surface area contributed by atoms with Crippen LogP contribution < -0.4 is 5.46 Å². The quantitative estimate of drug-likeness (QED) is 0.487. The van der Waals surface area contributed by atoms with Gasteiger partial charge >= 0.3 is 7.12 Å². The second kappa shape index (κ2) is 5.69. The molecule has 0 radical (unpaired) electrons. The highest BCUT2D eigenvalue weighted by atomic mass is 16.4. The number of pyridine rings is 1. The molecule has 26 heavy (non-hydrogen) atoms. The highest BCUT2D eigenvalue weighted by Crippen LogP contribution is 2.33. The van der Waals surface area contributed by atoms with E-state index in [1.807, 2.05) is 36.4 Å². The fourth-order valence-electron chi connectivity index (χ4n) is 3.68. The van der Waals surface area contributed by atoms with Crippen molar-refractivity contribution in [2.75, 3.05) is 0 Å². The van der Waals surface area contributed by atoms with E-state index in [0.29, 0.717) is 5.46 Å². The van der Waals surface area contributed by atoms with Gasteiger partial charge < -0.3 is 14.6 Å². The third-order valence-electron chi connectivity index (χ3n) is 4.85. The Balaban J connectivity index is 1.95. The van der Waals surface area contributed by atoms with E-state index >= 15 is 0 Å². The van der Waals surface area contributed by atoms with Crippen LogP contribution >= 0.6 is 0 Å². The summed E-state index contributed by atoms with van der Waals surface area (Å²) in [6.45, 7) is 0. The van der Waals surface area contributed by atoms with Gasteiger partial charge in [0.1, 0.15) is 0 Å². The molecule has 0 spiro atoms. The maximum Gasteiger partial charge on any atom is 0.488 e. The van der Waals surface area contributed by atoms with Crippen LogP contribution in [0.5, 0.6) is 0 Å². The van der Waals surface area contributed by atoms with Gasteiger partial charge in [-0.25, -0.2) is 0 Å². The maximum absolute atomic E-state index is 9.56. The molecule has 2 heterocycles. The van der Waals surface area contributed by atoms with Crippen molar-refractivity contribution >= 4 is 45.3 Å². The molecule has 5 aromatic rings. The molecular formula is C21H15BN2O2. The molecule has 2 N–H and O–H groups in total. The summed E-state index contributed by atoms with van der Waals surface area (Å²) in [4.78, 5) is 4.60. The first-order valence-corrected chi connectivity index (χ1v) is 8.47. The highest BCUT2D eigenvalue weighted by molar-refractivity contribution is 6.59. The monoisotopic (exact) mass is 338 g/mol. The molecule has 0 aliphatic heterocycles. The van der Waals surface area contributed by atoms with Crippen LogP contribution in [0.3, 0.4) is 0 Å². The van der Waals surface area contributed by atoms with Crippen molar-refractivity contribution in [1.82, 2.24) is 9.55 Å². The van der Waals surface area contributed by atoms with E-state index in [1.165, 1.54) is 0 Å². The van der Waals surface area contributed by atoms with Gasteiger partial charge in [0.15, 0.2) is 0 Å². The Labute approximate surface area is 150 Å². The lowest BCUT2D eigenvalue weighted by Crippen LogP contribution is -2.29. The number of hydrogen-bond donors (Lipinski definition) is 2. The molecule has 124 valence electrons. The van der Waals surface area contributed by atoms with Crippen molar-refractivity contribution < 1.29 is 10.0 Å². The summed E-state index contributed by atoms with van der Waals surface area (Å²) in [6.07, 6.45) is 1.81.